The summed E-state index contributed by atoms with van der Waals surface area (Å²) in [6, 6.07) is 3.13. The minimum absolute atomic E-state index is 0.137. The topological polar surface area (TPSA) is 94.7 Å². The molecule has 3 rings (SSSR count). The Balaban J connectivity index is 2.27. The van der Waals surface area contributed by atoms with Gasteiger partial charge in [0, 0.05) is 20.6 Å². The Labute approximate surface area is 144 Å². The fourth-order valence-corrected chi connectivity index (χ4v) is 3.25. The highest BCUT2D eigenvalue weighted by Crippen LogP contribution is 2.38. The third kappa shape index (κ3) is 2.58. The maximum Gasteiger partial charge on any atom is 0.333 e. The van der Waals surface area contributed by atoms with Crippen molar-refractivity contribution in [2.75, 3.05) is 20.8 Å². The van der Waals surface area contributed by atoms with Gasteiger partial charge in [-0.2, -0.15) is 0 Å². The summed E-state index contributed by atoms with van der Waals surface area (Å²) in [6.07, 6.45) is 0.749. The number of ether oxygens (including phenoxy) is 2. The van der Waals surface area contributed by atoms with Crippen molar-refractivity contribution in [2.45, 2.75) is 12.5 Å². The van der Waals surface area contributed by atoms with Crippen LogP contribution in [0.1, 0.15) is 22.7 Å². The summed E-state index contributed by atoms with van der Waals surface area (Å²) < 4.78 is 12.8. The Morgan fingerprint density at radius 3 is 2.40 bits per heavy atom. The molecule has 0 unspecified atom stereocenters. The molecule has 0 amide bonds. The molecule has 1 aromatic carbocycles. The second-order valence-corrected chi connectivity index (χ2v) is 5.99. The van der Waals surface area contributed by atoms with Gasteiger partial charge >= 0.3 is 5.69 Å². The van der Waals surface area contributed by atoms with Gasteiger partial charge in [-0.05, 0) is 29.7 Å². The molecule has 0 fully saturated rings. The van der Waals surface area contributed by atoms with Crippen molar-refractivity contribution in [3.05, 3.63) is 49.7 Å². The number of rotatable bonds is 3. The standard InChI is InChI=1S/C17H21N3O5/c1-19-15(21)13(16(22)20(2)17(19)23)14-10-8-12(25-4)11(24-3)7-9(10)5-6-18-14/h7-8,14,18,21H,5-6H2,1-4H3/t14-/m0/s1. The molecule has 0 spiro atoms. The van der Waals surface area contributed by atoms with Crippen LogP contribution in [-0.2, 0) is 20.5 Å². The lowest BCUT2D eigenvalue weighted by atomic mass is 9.90. The van der Waals surface area contributed by atoms with E-state index in [9.17, 15) is 14.7 Å². The van der Waals surface area contributed by atoms with Crippen LogP contribution in [0.15, 0.2) is 21.7 Å². The van der Waals surface area contributed by atoms with Gasteiger partial charge in [-0.1, -0.05) is 0 Å². The largest absolute Gasteiger partial charge is 0.494 e. The first-order chi connectivity index (χ1) is 11.9. The molecule has 0 saturated heterocycles. The van der Waals surface area contributed by atoms with E-state index >= 15 is 0 Å². The lowest BCUT2D eigenvalue weighted by Crippen LogP contribution is -2.42. The zero-order valence-corrected chi connectivity index (χ0v) is 14.6. The summed E-state index contributed by atoms with van der Waals surface area (Å²) in [6.45, 7) is 0.624. The minimum Gasteiger partial charge on any atom is -0.494 e. The minimum atomic E-state index is -0.574. The van der Waals surface area contributed by atoms with Gasteiger partial charge < -0.3 is 19.9 Å². The molecule has 1 aromatic heterocycles. The van der Waals surface area contributed by atoms with E-state index in [1.165, 1.54) is 21.2 Å². The smallest absolute Gasteiger partial charge is 0.333 e. The first-order valence-electron chi connectivity index (χ1n) is 7.87. The van der Waals surface area contributed by atoms with E-state index < -0.39 is 17.3 Å². The molecule has 2 N–H and O–H groups in total. The zero-order chi connectivity index (χ0) is 18.3. The predicted octanol–water partition coefficient (Wildman–Crippen LogP) is 0.0419. The van der Waals surface area contributed by atoms with E-state index in [1.807, 2.05) is 6.07 Å². The van der Waals surface area contributed by atoms with E-state index in [0.717, 1.165) is 26.7 Å². The summed E-state index contributed by atoms with van der Waals surface area (Å²) in [4.78, 5) is 24.6. The second kappa shape index (κ2) is 6.29. The number of aromatic hydroxyl groups is 1. The highest BCUT2D eigenvalue weighted by atomic mass is 16.5. The van der Waals surface area contributed by atoms with Crippen LogP contribution in [-0.4, -0.2) is 35.0 Å². The SMILES string of the molecule is COc1cc2c(cc1OC)[C@@H](c1c(O)n(C)c(=O)n(C)c1=O)NCC2. The molecule has 0 saturated carbocycles. The quantitative estimate of drug-likeness (QED) is 0.814. The van der Waals surface area contributed by atoms with Gasteiger partial charge in [0.05, 0.1) is 25.8 Å². The molecule has 2 aromatic rings. The number of hydrogen-bond acceptors (Lipinski definition) is 6. The monoisotopic (exact) mass is 347 g/mol. The lowest BCUT2D eigenvalue weighted by Gasteiger charge is -2.28. The van der Waals surface area contributed by atoms with E-state index in [-0.39, 0.29) is 11.4 Å². The highest BCUT2D eigenvalue weighted by Gasteiger charge is 2.30. The van der Waals surface area contributed by atoms with E-state index in [4.69, 9.17) is 9.47 Å². The fourth-order valence-electron chi connectivity index (χ4n) is 3.25. The average Bonchev–Trinajstić information content (AvgIpc) is 2.63. The molecule has 1 aliphatic heterocycles. The number of benzene rings is 1. The molecule has 8 nitrogen and oxygen atoms in total. The molecule has 1 atom stereocenters. The third-order valence-corrected chi connectivity index (χ3v) is 4.66. The molecule has 0 aliphatic carbocycles. The van der Waals surface area contributed by atoms with Crippen LogP contribution in [0.4, 0.5) is 0 Å². The molecule has 25 heavy (non-hydrogen) atoms. The highest BCUT2D eigenvalue weighted by molar-refractivity contribution is 5.52. The molecular weight excluding hydrogens is 326 g/mol. The van der Waals surface area contributed by atoms with Gasteiger partial charge in [0.1, 0.15) is 0 Å². The molecule has 0 bridgehead atoms. The van der Waals surface area contributed by atoms with E-state index in [1.54, 1.807) is 13.2 Å². The molecule has 0 radical (unpaired) electrons. The Kier molecular flexibility index (Phi) is 4.30. The number of nitrogens with zero attached hydrogens (tertiary/aromatic N) is 2. The molecule has 8 heteroatoms. The molecule has 1 aliphatic rings. The first kappa shape index (κ1) is 17.1. The van der Waals surface area contributed by atoms with Crippen molar-refractivity contribution in [1.29, 1.82) is 0 Å². The van der Waals surface area contributed by atoms with Crippen molar-refractivity contribution < 1.29 is 14.6 Å². The van der Waals surface area contributed by atoms with E-state index in [2.05, 4.69) is 5.32 Å². The lowest BCUT2D eigenvalue weighted by molar-refractivity contribution is 0.352. The Morgan fingerprint density at radius 2 is 1.76 bits per heavy atom. The van der Waals surface area contributed by atoms with Gasteiger partial charge in [0.25, 0.3) is 5.56 Å². The zero-order valence-electron chi connectivity index (χ0n) is 14.6. The van der Waals surface area contributed by atoms with E-state index in [0.29, 0.717) is 18.0 Å². The summed E-state index contributed by atoms with van der Waals surface area (Å²) >= 11 is 0. The first-order valence-corrected chi connectivity index (χ1v) is 7.87. The van der Waals surface area contributed by atoms with Gasteiger partial charge in [-0.3, -0.25) is 13.9 Å². The van der Waals surface area contributed by atoms with Crippen LogP contribution in [0, 0.1) is 0 Å². The second-order valence-electron chi connectivity index (χ2n) is 5.99. The molecule has 134 valence electrons. The van der Waals surface area contributed by atoms with Crippen molar-refractivity contribution in [2.24, 2.45) is 14.1 Å². The van der Waals surface area contributed by atoms with Gasteiger partial charge in [-0.25, -0.2) is 4.79 Å². The van der Waals surface area contributed by atoms with Crippen molar-refractivity contribution >= 4 is 0 Å². The Morgan fingerprint density at radius 1 is 1.12 bits per heavy atom. The van der Waals surface area contributed by atoms with Gasteiger partial charge in [0.2, 0.25) is 5.88 Å². The van der Waals surface area contributed by atoms with Gasteiger partial charge in [-0.15, -0.1) is 0 Å². The number of aromatic nitrogens is 2. The van der Waals surface area contributed by atoms with Crippen molar-refractivity contribution in [3.63, 3.8) is 0 Å². The van der Waals surface area contributed by atoms with Gasteiger partial charge in [0.15, 0.2) is 11.5 Å². The third-order valence-electron chi connectivity index (χ3n) is 4.66. The van der Waals surface area contributed by atoms with Crippen LogP contribution in [0.3, 0.4) is 0 Å². The number of hydrogen-bond donors (Lipinski definition) is 2. The Bertz CT molecular complexity index is 945. The average molecular weight is 347 g/mol. The van der Waals surface area contributed by atoms with Crippen molar-refractivity contribution in [1.82, 2.24) is 14.5 Å². The summed E-state index contributed by atoms with van der Waals surface area (Å²) in [5.41, 5.74) is 0.847. The van der Waals surface area contributed by atoms with Crippen LogP contribution in [0.2, 0.25) is 0 Å². The summed E-state index contributed by atoms with van der Waals surface area (Å²) in [5, 5.41) is 13.7. The maximum atomic E-state index is 12.6. The van der Waals surface area contributed by atoms with Crippen LogP contribution >= 0.6 is 0 Å². The summed E-state index contributed by atoms with van der Waals surface area (Å²) in [7, 11) is 5.93. The molecule has 2 heterocycles. The van der Waals surface area contributed by atoms with Crippen molar-refractivity contribution in [3.8, 4) is 17.4 Å². The van der Waals surface area contributed by atoms with Crippen LogP contribution < -0.4 is 26.0 Å². The fraction of sp³-hybridized carbons (Fsp3) is 0.412. The maximum absolute atomic E-state index is 12.6. The number of nitrogens with one attached hydrogen (secondary N) is 1. The Hall–Kier alpha value is -2.74. The number of methoxy groups -OCH3 is 2. The molecular formula is C17H21N3O5. The normalized spacial score (nSPS) is 16.4. The van der Waals surface area contributed by atoms with Crippen LogP contribution in [0.5, 0.6) is 17.4 Å². The number of fused-ring (bicyclic) bond motifs is 1. The summed E-state index contributed by atoms with van der Waals surface area (Å²) in [5.74, 6) is 0.809. The van der Waals surface area contributed by atoms with Crippen LogP contribution in [0.25, 0.3) is 0 Å². The predicted molar refractivity (Wildman–Crippen MR) is 91.7 cm³/mol.